The van der Waals surface area contributed by atoms with E-state index < -0.39 is 0 Å². The first-order chi connectivity index (χ1) is 6.81. The predicted octanol–water partition coefficient (Wildman–Crippen LogP) is 0.807. The summed E-state index contributed by atoms with van der Waals surface area (Å²) in [5, 5.41) is 0. The Morgan fingerprint density at radius 2 is 2.21 bits per heavy atom. The lowest BCUT2D eigenvalue weighted by Gasteiger charge is -2.04. The van der Waals surface area contributed by atoms with E-state index in [1.54, 1.807) is 18.5 Å². The largest absolute Gasteiger partial charge is 0.368 e. The fourth-order valence-corrected chi connectivity index (χ4v) is 1.30. The van der Waals surface area contributed by atoms with Crippen LogP contribution in [0.15, 0.2) is 24.7 Å². The van der Waals surface area contributed by atoms with Gasteiger partial charge in [0.2, 0.25) is 5.95 Å². The Labute approximate surface area is 81.6 Å². The van der Waals surface area contributed by atoms with E-state index in [4.69, 9.17) is 5.73 Å². The van der Waals surface area contributed by atoms with E-state index in [9.17, 15) is 0 Å². The van der Waals surface area contributed by atoms with Crippen molar-refractivity contribution in [3.63, 3.8) is 0 Å². The second-order valence-electron chi connectivity index (χ2n) is 2.84. The molecular formula is C9H11N5. The maximum absolute atomic E-state index is 5.50. The van der Waals surface area contributed by atoms with Crippen molar-refractivity contribution >= 4 is 5.95 Å². The Morgan fingerprint density at radius 1 is 1.36 bits per heavy atom. The Bertz CT molecular complexity index is 434. The van der Waals surface area contributed by atoms with Gasteiger partial charge in [-0.3, -0.25) is 4.57 Å². The maximum Gasteiger partial charge on any atom is 0.221 e. The monoisotopic (exact) mass is 189 g/mol. The molecule has 2 heterocycles. The van der Waals surface area contributed by atoms with Gasteiger partial charge in [0.15, 0.2) is 0 Å². The molecular weight excluding hydrogens is 178 g/mol. The standard InChI is InChI=1S/C9H11N5/c1-2-7-11-5-6-14(7)8-3-4-12-9(10)13-8/h3-6H,2H2,1H3,(H2,10,12,13). The van der Waals surface area contributed by atoms with Crippen molar-refractivity contribution in [3.8, 4) is 5.82 Å². The Kier molecular flexibility index (Phi) is 2.14. The van der Waals surface area contributed by atoms with Crippen LogP contribution in [0.3, 0.4) is 0 Å². The molecule has 0 aliphatic rings. The molecule has 0 aromatic carbocycles. The fourth-order valence-electron chi connectivity index (χ4n) is 1.30. The molecule has 5 heteroatoms. The highest BCUT2D eigenvalue weighted by molar-refractivity contribution is 5.29. The molecule has 2 aromatic rings. The molecule has 0 atom stereocenters. The lowest BCUT2D eigenvalue weighted by molar-refractivity contribution is 0.864. The quantitative estimate of drug-likeness (QED) is 0.758. The van der Waals surface area contributed by atoms with E-state index in [-0.39, 0.29) is 5.95 Å². The molecule has 14 heavy (non-hydrogen) atoms. The van der Waals surface area contributed by atoms with Gasteiger partial charge in [0.25, 0.3) is 0 Å². The number of imidazole rings is 1. The van der Waals surface area contributed by atoms with E-state index in [2.05, 4.69) is 15.0 Å². The first kappa shape index (κ1) is 8.68. The van der Waals surface area contributed by atoms with Crippen LogP contribution in [-0.2, 0) is 6.42 Å². The first-order valence-corrected chi connectivity index (χ1v) is 4.42. The maximum atomic E-state index is 5.50. The number of rotatable bonds is 2. The van der Waals surface area contributed by atoms with Gasteiger partial charge >= 0.3 is 0 Å². The van der Waals surface area contributed by atoms with Crippen LogP contribution in [0.5, 0.6) is 0 Å². The molecule has 0 aliphatic heterocycles. The van der Waals surface area contributed by atoms with Gasteiger partial charge in [0.05, 0.1) is 0 Å². The summed E-state index contributed by atoms with van der Waals surface area (Å²) in [4.78, 5) is 12.2. The molecule has 0 fully saturated rings. The third-order valence-electron chi connectivity index (χ3n) is 1.94. The van der Waals surface area contributed by atoms with E-state index >= 15 is 0 Å². The number of nitrogens with two attached hydrogens (primary N) is 1. The Hall–Kier alpha value is -1.91. The minimum atomic E-state index is 0.276. The molecule has 0 saturated carbocycles. The topological polar surface area (TPSA) is 69.6 Å². The highest BCUT2D eigenvalue weighted by Crippen LogP contribution is 2.08. The molecule has 2 N–H and O–H groups in total. The number of aromatic nitrogens is 4. The van der Waals surface area contributed by atoms with Crippen molar-refractivity contribution < 1.29 is 0 Å². The van der Waals surface area contributed by atoms with Crippen LogP contribution in [0.25, 0.3) is 5.82 Å². The molecule has 0 spiro atoms. The number of nitrogens with zero attached hydrogens (tertiary/aromatic N) is 4. The first-order valence-electron chi connectivity index (χ1n) is 4.42. The summed E-state index contributed by atoms with van der Waals surface area (Å²) in [7, 11) is 0. The number of hydrogen-bond acceptors (Lipinski definition) is 4. The zero-order chi connectivity index (χ0) is 9.97. The Balaban J connectivity index is 2.49. The molecule has 2 rings (SSSR count). The van der Waals surface area contributed by atoms with Gasteiger partial charge < -0.3 is 5.73 Å². The van der Waals surface area contributed by atoms with Crippen molar-refractivity contribution in [1.29, 1.82) is 0 Å². The number of anilines is 1. The highest BCUT2D eigenvalue weighted by atomic mass is 15.2. The lowest BCUT2D eigenvalue weighted by atomic mass is 10.4. The van der Waals surface area contributed by atoms with E-state index in [1.165, 1.54) is 0 Å². The summed E-state index contributed by atoms with van der Waals surface area (Å²) in [6, 6.07) is 1.80. The van der Waals surface area contributed by atoms with Gasteiger partial charge in [-0.15, -0.1) is 0 Å². The van der Waals surface area contributed by atoms with E-state index in [1.807, 2.05) is 17.7 Å². The lowest BCUT2D eigenvalue weighted by Crippen LogP contribution is -2.04. The fraction of sp³-hybridized carbons (Fsp3) is 0.222. The van der Waals surface area contributed by atoms with Crippen molar-refractivity contribution in [2.45, 2.75) is 13.3 Å². The normalized spacial score (nSPS) is 10.4. The number of hydrogen-bond donors (Lipinski definition) is 1. The van der Waals surface area contributed by atoms with Crippen molar-refractivity contribution in [2.24, 2.45) is 0 Å². The molecule has 0 radical (unpaired) electrons. The molecule has 0 saturated heterocycles. The average Bonchev–Trinajstić information content (AvgIpc) is 2.65. The molecule has 0 amide bonds. The predicted molar refractivity (Wildman–Crippen MR) is 52.9 cm³/mol. The summed E-state index contributed by atoms with van der Waals surface area (Å²) in [6.07, 6.45) is 6.10. The zero-order valence-corrected chi connectivity index (χ0v) is 7.88. The zero-order valence-electron chi connectivity index (χ0n) is 7.88. The molecule has 72 valence electrons. The minimum absolute atomic E-state index is 0.276. The van der Waals surface area contributed by atoms with Crippen LogP contribution in [0.4, 0.5) is 5.95 Å². The summed E-state index contributed by atoms with van der Waals surface area (Å²) in [5.74, 6) is 1.99. The van der Waals surface area contributed by atoms with Crippen LogP contribution in [-0.4, -0.2) is 19.5 Å². The average molecular weight is 189 g/mol. The van der Waals surface area contributed by atoms with Crippen molar-refractivity contribution in [2.75, 3.05) is 5.73 Å². The van der Waals surface area contributed by atoms with Crippen molar-refractivity contribution in [1.82, 2.24) is 19.5 Å². The van der Waals surface area contributed by atoms with Crippen LogP contribution in [0, 0.1) is 0 Å². The van der Waals surface area contributed by atoms with Gasteiger partial charge in [0.1, 0.15) is 11.6 Å². The smallest absolute Gasteiger partial charge is 0.221 e. The van der Waals surface area contributed by atoms with Gasteiger partial charge in [-0.05, 0) is 6.07 Å². The Morgan fingerprint density at radius 3 is 2.93 bits per heavy atom. The number of nitrogen functional groups attached to an aromatic ring is 1. The van der Waals surface area contributed by atoms with Crippen LogP contribution in [0.2, 0.25) is 0 Å². The van der Waals surface area contributed by atoms with Crippen LogP contribution >= 0.6 is 0 Å². The van der Waals surface area contributed by atoms with Crippen LogP contribution in [0.1, 0.15) is 12.7 Å². The third-order valence-corrected chi connectivity index (χ3v) is 1.94. The molecule has 2 aromatic heterocycles. The molecule has 0 unspecified atom stereocenters. The van der Waals surface area contributed by atoms with Gasteiger partial charge in [-0.25, -0.2) is 9.97 Å². The summed E-state index contributed by atoms with van der Waals surface area (Å²) < 4.78 is 1.90. The minimum Gasteiger partial charge on any atom is -0.368 e. The SMILES string of the molecule is CCc1nccn1-c1ccnc(N)n1. The summed E-state index contributed by atoms with van der Waals surface area (Å²) >= 11 is 0. The molecule has 0 bridgehead atoms. The molecule has 5 nitrogen and oxygen atoms in total. The second kappa shape index (κ2) is 3.45. The van der Waals surface area contributed by atoms with E-state index in [0.717, 1.165) is 18.1 Å². The van der Waals surface area contributed by atoms with Crippen molar-refractivity contribution in [3.05, 3.63) is 30.5 Å². The van der Waals surface area contributed by atoms with Crippen LogP contribution < -0.4 is 5.73 Å². The van der Waals surface area contributed by atoms with Gasteiger partial charge in [-0.1, -0.05) is 6.92 Å². The second-order valence-corrected chi connectivity index (χ2v) is 2.84. The summed E-state index contributed by atoms with van der Waals surface area (Å²) in [6.45, 7) is 2.05. The third kappa shape index (κ3) is 1.44. The number of aryl methyl sites for hydroxylation is 1. The molecule has 0 aliphatic carbocycles. The van der Waals surface area contributed by atoms with E-state index in [0.29, 0.717) is 0 Å². The van der Waals surface area contributed by atoms with Gasteiger partial charge in [-0.2, -0.15) is 4.98 Å². The summed E-state index contributed by atoms with van der Waals surface area (Å²) in [5.41, 5.74) is 5.50. The van der Waals surface area contributed by atoms with Gasteiger partial charge in [0, 0.05) is 25.0 Å². The highest BCUT2D eigenvalue weighted by Gasteiger charge is 2.03.